The lowest BCUT2D eigenvalue weighted by molar-refractivity contribution is -0.147. The van der Waals surface area contributed by atoms with Crippen LogP contribution in [0.25, 0.3) is 0 Å². The third-order valence-electron chi connectivity index (χ3n) is 4.68. The zero-order chi connectivity index (χ0) is 15.0. The molecule has 0 spiro atoms. The second kappa shape index (κ2) is 5.06. The van der Waals surface area contributed by atoms with Crippen molar-refractivity contribution >= 4 is 17.6 Å². The molecule has 1 amide bonds. The SMILES string of the molecule is CC1(C(=O)O)CCN(C(=O)C2CCNc3ccccc32)C1. The Morgan fingerprint density at radius 3 is 2.86 bits per heavy atom. The molecular weight excluding hydrogens is 268 g/mol. The smallest absolute Gasteiger partial charge is 0.311 e. The summed E-state index contributed by atoms with van der Waals surface area (Å²) in [7, 11) is 0. The highest BCUT2D eigenvalue weighted by atomic mass is 16.4. The largest absolute Gasteiger partial charge is 0.481 e. The molecule has 5 heteroatoms. The molecule has 0 aliphatic carbocycles. The first kappa shape index (κ1) is 13.9. The van der Waals surface area contributed by atoms with Crippen LogP contribution in [0, 0.1) is 5.41 Å². The van der Waals surface area contributed by atoms with Crippen LogP contribution in [-0.4, -0.2) is 41.5 Å². The van der Waals surface area contributed by atoms with E-state index in [1.54, 1.807) is 11.8 Å². The maximum atomic E-state index is 12.8. The Balaban J connectivity index is 1.80. The van der Waals surface area contributed by atoms with Gasteiger partial charge in [-0.1, -0.05) is 18.2 Å². The molecule has 2 atom stereocenters. The number of rotatable bonds is 2. The van der Waals surface area contributed by atoms with Crippen molar-refractivity contribution in [1.82, 2.24) is 4.90 Å². The zero-order valence-corrected chi connectivity index (χ0v) is 12.1. The fourth-order valence-electron chi connectivity index (χ4n) is 3.27. The van der Waals surface area contributed by atoms with Crippen molar-refractivity contribution in [3.05, 3.63) is 29.8 Å². The topological polar surface area (TPSA) is 69.6 Å². The average molecular weight is 288 g/mol. The summed E-state index contributed by atoms with van der Waals surface area (Å²) in [5.41, 5.74) is 1.24. The highest BCUT2D eigenvalue weighted by Gasteiger charge is 2.43. The van der Waals surface area contributed by atoms with Crippen LogP contribution in [-0.2, 0) is 9.59 Å². The Morgan fingerprint density at radius 2 is 2.14 bits per heavy atom. The van der Waals surface area contributed by atoms with Gasteiger partial charge in [-0.2, -0.15) is 0 Å². The van der Waals surface area contributed by atoms with E-state index in [-0.39, 0.29) is 11.8 Å². The van der Waals surface area contributed by atoms with Crippen LogP contribution in [0.5, 0.6) is 0 Å². The van der Waals surface area contributed by atoms with Crippen LogP contribution in [0.3, 0.4) is 0 Å². The number of carboxylic acids is 1. The number of carboxylic acid groups (broad SMARTS) is 1. The van der Waals surface area contributed by atoms with E-state index in [4.69, 9.17) is 0 Å². The molecule has 1 aromatic rings. The summed E-state index contributed by atoms with van der Waals surface area (Å²) in [5.74, 6) is -0.906. The van der Waals surface area contributed by atoms with E-state index in [2.05, 4.69) is 5.32 Å². The van der Waals surface area contributed by atoms with Gasteiger partial charge in [-0.05, 0) is 31.4 Å². The van der Waals surface area contributed by atoms with Crippen molar-refractivity contribution in [2.45, 2.75) is 25.7 Å². The Kier molecular flexibility index (Phi) is 3.35. The van der Waals surface area contributed by atoms with Crippen LogP contribution < -0.4 is 5.32 Å². The van der Waals surface area contributed by atoms with E-state index >= 15 is 0 Å². The summed E-state index contributed by atoms with van der Waals surface area (Å²) in [6.45, 7) is 3.34. The summed E-state index contributed by atoms with van der Waals surface area (Å²) in [6.07, 6.45) is 1.29. The van der Waals surface area contributed by atoms with Gasteiger partial charge in [0.25, 0.3) is 0 Å². The minimum atomic E-state index is -0.816. The predicted molar refractivity (Wildman–Crippen MR) is 79.2 cm³/mol. The van der Waals surface area contributed by atoms with E-state index < -0.39 is 11.4 Å². The predicted octanol–water partition coefficient (Wildman–Crippen LogP) is 1.91. The van der Waals surface area contributed by atoms with Gasteiger partial charge >= 0.3 is 5.97 Å². The van der Waals surface area contributed by atoms with Gasteiger partial charge in [-0.25, -0.2) is 0 Å². The fourth-order valence-corrected chi connectivity index (χ4v) is 3.27. The number of aliphatic carboxylic acids is 1. The molecule has 112 valence electrons. The molecule has 2 aliphatic heterocycles. The van der Waals surface area contributed by atoms with Crippen LogP contribution >= 0.6 is 0 Å². The summed E-state index contributed by atoms with van der Waals surface area (Å²) >= 11 is 0. The number of benzene rings is 1. The second-order valence-corrected chi connectivity index (χ2v) is 6.23. The molecule has 2 heterocycles. The van der Waals surface area contributed by atoms with E-state index in [1.807, 2.05) is 24.3 Å². The number of likely N-dealkylation sites (tertiary alicyclic amines) is 1. The van der Waals surface area contributed by atoms with Gasteiger partial charge < -0.3 is 15.3 Å². The van der Waals surface area contributed by atoms with Crippen molar-refractivity contribution < 1.29 is 14.7 Å². The molecule has 21 heavy (non-hydrogen) atoms. The van der Waals surface area contributed by atoms with Crippen LogP contribution in [0.4, 0.5) is 5.69 Å². The molecule has 0 radical (unpaired) electrons. The fraction of sp³-hybridized carbons (Fsp3) is 0.500. The van der Waals surface area contributed by atoms with E-state index in [1.165, 1.54) is 0 Å². The molecule has 0 bridgehead atoms. The monoisotopic (exact) mass is 288 g/mol. The van der Waals surface area contributed by atoms with E-state index in [0.717, 1.165) is 24.2 Å². The molecule has 2 unspecified atom stereocenters. The van der Waals surface area contributed by atoms with Gasteiger partial charge in [-0.15, -0.1) is 0 Å². The zero-order valence-electron chi connectivity index (χ0n) is 12.1. The van der Waals surface area contributed by atoms with Crippen LogP contribution in [0.15, 0.2) is 24.3 Å². The Hall–Kier alpha value is -2.04. The van der Waals surface area contributed by atoms with Gasteiger partial charge in [-0.3, -0.25) is 9.59 Å². The number of nitrogens with zero attached hydrogens (tertiary/aromatic N) is 1. The number of anilines is 1. The van der Waals surface area contributed by atoms with Gasteiger partial charge in [0.2, 0.25) is 5.91 Å². The van der Waals surface area contributed by atoms with E-state index in [0.29, 0.717) is 19.5 Å². The Morgan fingerprint density at radius 1 is 1.38 bits per heavy atom. The highest BCUT2D eigenvalue weighted by molar-refractivity contribution is 5.87. The van der Waals surface area contributed by atoms with Crippen molar-refractivity contribution in [3.63, 3.8) is 0 Å². The summed E-state index contributed by atoms with van der Waals surface area (Å²) < 4.78 is 0. The Bertz CT molecular complexity index is 587. The van der Waals surface area contributed by atoms with Crippen molar-refractivity contribution in [2.24, 2.45) is 5.41 Å². The minimum Gasteiger partial charge on any atom is -0.481 e. The van der Waals surface area contributed by atoms with Gasteiger partial charge in [0, 0.05) is 25.3 Å². The van der Waals surface area contributed by atoms with Crippen molar-refractivity contribution in [2.75, 3.05) is 25.0 Å². The summed E-state index contributed by atoms with van der Waals surface area (Å²) in [6, 6.07) is 7.87. The number of fused-ring (bicyclic) bond motifs is 1. The lowest BCUT2D eigenvalue weighted by Crippen LogP contribution is -2.38. The molecule has 1 aromatic carbocycles. The number of nitrogens with one attached hydrogen (secondary N) is 1. The molecule has 1 saturated heterocycles. The molecule has 5 nitrogen and oxygen atoms in total. The highest BCUT2D eigenvalue weighted by Crippen LogP contribution is 2.36. The Labute approximate surface area is 123 Å². The number of carbonyl (C=O) groups is 2. The molecule has 2 aliphatic rings. The molecule has 3 rings (SSSR count). The second-order valence-electron chi connectivity index (χ2n) is 6.23. The van der Waals surface area contributed by atoms with E-state index in [9.17, 15) is 14.7 Å². The lowest BCUT2D eigenvalue weighted by Gasteiger charge is -2.30. The maximum Gasteiger partial charge on any atom is 0.311 e. The third kappa shape index (κ3) is 2.37. The van der Waals surface area contributed by atoms with Crippen molar-refractivity contribution in [3.8, 4) is 0 Å². The first-order chi connectivity index (χ1) is 10.0. The first-order valence-corrected chi connectivity index (χ1v) is 7.36. The van der Waals surface area contributed by atoms with Crippen LogP contribution in [0.1, 0.15) is 31.2 Å². The minimum absolute atomic E-state index is 0.0638. The average Bonchev–Trinajstić information content (AvgIpc) is 2.90. The van der Waals surface area contributed by atoms with Gasteiger partial charge in [0.15, 0.2) is 0 Å². The number of amides is 1. The summed E-state index contributed by atoms with van der Waals surface area (Å²) in [5, 5.41) is 12.6. The molecule has 0 saturated carbocycles. The standard InChI is InChI=1S/C16H20N2O3/c1-16(15(20)21)7-9-18(10-16)14(19)12-6-8-17-13-5-3-2-4-11(12)13/h2-5,12,17H,6-10H2,1H3,(H,20,21). The van der Waals surface area contributed by atoms with Crippen LogP contribution in [0.2, 0.25) is 0 Å². The maximum absolute atomic E-state index is 12.8. The molecular formula is C16H20N2O3. The quantitative estimate of drug-likeness (QED) is 0.872. The molecule has 1 fully saturated rings. The number of hydrogen-bond acceptors (Lipinski definition) is 3. The first-order valence-electron chi connectivity index (χ1n) is 7.36. The van der Waals surface area contributed by atoms with Gasteiger partial charge in [0.1, 0.15) is 0 Å². The normalized spacial score (nSPS) is 27.9. The third-order valence-corrected chi connectivity index (χ3v) is 4.68. The molecule has 2 N–H and O–H groups in total. The van der Waals surface area contributed by atoms with Gasteiger partial charge in [0.05, 0.1) is 11.3 Å². The number of hydrogen-bond donors (Lipinski definition) is 2. The van der Waals surface area contributed by atoms with Crippen molar-refractivity contribution in [1.29, 1.82) is 0 Å². The molecule has 0 aromatic heterocycles. The summed E-state index contributed by atoms with van der Waals surface area (Å²) in [4.78, 5) is 25.8. The lowest BCUT2D eigenvalue weighted by atomic mass is 9.89. The number of carbonyl (C=O) groups excluding carboxylic acids is 1. The number of para-hydroxylation sites is 1.